The van der Waals surface area contributed by atoms with Crippen LogP contribution in [0.5, 0.6) is 0 Å². The number of nitrogens with zero attached hydrogens (tertiary/aromatic N) is 2. The molecule has 0 radical (unpaired) electrons. The second-order valence-electron chi connectivity index (χ2n) is 5.67. The monoisotopic (exact) mass is 312 g/mol. The molecular weight excluding hydrogens is 292 g/mol. The van der Waals surface area contributed by atoms with E-state index in [1.54, 1.807) is 10.9 Å². The predicted octanol–water partition coefficient (Wildman–Crippen LogP) is 2.24. The van der Waals surface area contributed by atoms with Crippen LogP contribution in [0.25, 0.3) is 5.69 Å². The summed E-state index contributed by atoms with van der Waals surface area (Å²) in [6, 6.07) is 9.13. The third-order valence-corrected chi connectivity index (χ3v) is 3.94. The van der Waals surface area contributed by atoms with Gasteiger partial charge < -0.3 is 15.7 Å². The number of rotatable bonds is 4. The van der Waals surface area contributed by atoms with Crippen LogP contribution in [0, 0.1) is 12.8 Å². The van der Waals surface area contributed by atoms with Gasteiger partial charge in [-0.25, -0.2) is 9.48 Å². The number of hydrogen-bond donors (Lipinski definition) is 3. The van der Waals surface area contributed by atoms with E-state index < -0.39 is 0 Å². The normalized spacial score (nSPS) is 19.7. The molecule has 3 N–H and O–H groups in total. The molecule has 0 fully saturated rings. The van der Waals surface area contributed by atoms with Gasteiger partial charge in [0.2, 0.25) is 0 Å². The van der Waals surface area contributed by atoms with Gasteiger partial charge in [-0.3, -0.25) is 0 Å². The number of carbonyl (C=O) groups excluding carboxylic acids is 1. The maximum Gasteiger partial charge on any atom is 0.319 e. The lowest BCUT2D eigenvalue weighted by atomic mass is 10.1. The Morgan fingerprint density at radius 1 is 1.35 bits per heavy atom. The van der Waals surface area contributed by atoms with Crippen LogP contribution in [0.2, 0.25) is 0 Å². The van der Waals surface area contributed by atoms with Gasteiger partial charge in [0.15, 0.2) is 0 Å². The summed E-state index contributed by atoms with van der Waals surface area (Å²) in [6.07, 6.45) is 6.31. The van der Waals surface area contributed by atoms with Crippen molar-refractivity contribution in [2.45, 2.75) is 19.4 Å². The van der Waals surface area contributed by atoms with Crippen LogP contribution in [0.1, 0.15) is 12.1 Å². The first kappa shape index (κ1) is 15.3. The molecule has 0 saturated carbocycles. The number of aryl methyl sites for hydroxylation is 1. The lowest BCUT2D eigenvalue weighted by molar-refractivity contribution is 0.238. The van der Waals surface area contributed by atoms with Crippen LogP contribution in [-0.2, 0) is 0 Å². The lowest BCUT2D eigenvalue weighted by Gasteiger charge is -2.16. The Morgan fingerprint density at radius 2 is 2.17 bits per heavy atom. The molecule has 1 aliphatic rings. The Hall–Kier alpha value is -2.60. The van der Waals surface area contributed by atoms with Crippen molar-refractivity contribution in [2.75, 3.05) is 11.9 Å². The highest BCUT2D eigenvalue weighted by Gasteiger charge is 2.20. The molecule has 1 aromatic heterocycles. The zero-order valence-corrected chi connectivity index (χ0v) is 12.9. The van der Waals surface area contributed by atoms with E-state index in [1.165, 1.54) is 0 Å². The number of carbonyl (C=O) groups is 1. The summed E-state index contributed by atoms with van der Waals surface area (Å²) in [5.74, 6) is 0.124. The van der Waals surface area contributed by atoms with Gasteiger partial charge in [-0.15, -0.1) is 0 Å². The number of anilines is 1. The van der Waals surface area contributed by atoms with Gasteiger partial charge in [0.25, 0.3) is 0 Å². The summed E-state index contributed by atoms with van der Waals surface area (Å²) < 4.78 is 1.78. The number of aromatic nitrogens is 2. The van der Waals surface area contributed by atoms with E-state index in [0.29, 0.717) is 5.69 Å². The van der Waals surface area contributed by atoms with Crippen molar-refractivity contribution in [3.63, 3.8) is 0 Å². The second kappa shape index (κ2) is 6.66. The maximum atomic E-state index is 12.2. The van der Waals surface area contributed by atoms with Crippen molar-refractivity contribution in [1.29, 1.82) is 0 Å². The number of benzene rings is 1. The summed E-state index contributed by atoms with van der Waals surface area (Å²) in [7, 11) is 0. The summed E-state index contributed by atoms with van der Waals surface area (Å²) >= 11 is 0. The molecule has 1 heterocycles. The first-order valence-electron chi connectivity index (χ1n) is 7.64. The molecule has 2 aromatic rings. The highest BCUT2D eigenvalue weighted by molar-refractivity contribution is 5.91. The number of para-hydroxylation sites is 2. The van der Waals surface area contributed by atoms with E-state index in [-0.39, 0.29) is 24.6 Å². The van der Waals surface area contributed by atoms with Gasteiger partial charge in [-0.1, -0.05) is 24.3 Å². The van der Waals surface area contributed by atoms with Crippen molar-refractivity contribution in [3.8, 4) is 5.69 Å². The first-order chi connectivity index (χ1) is 11.2. The molecule has 0 saturated heterocycles. The number of nitrogens with one attached hydrogen (secondary N) is 2. The van der Waals surface area contributed by atoms with Crippen LogP contribution >= 0.6 is 0 Å². The minimum atomic E-state index is -0.268. The Balaban J connectivity index is 1.70. The molecule has 6 heteroatoms. The van der Waals surface area contributed by atoms with Gasteiger partial charge in [0.1, 0.15) is 0 Å². The Labute approximate surface area is 134 Å². The smallest absolute Gasteiger partial charge is 0.319 e. The van der Waals surface area contributed by atoms with Gasteiger partial charge in [-0.05, 0) is 31.5 Å². The van der Waals surface area contributed by atoms with Crippen molar-refractivity contribution >= 4 is 11.7 Å². The molecule has 0 unspecified atom stereocenters. The summed E-state index contributed by atoms with van der Waals surface area (Å²) in [5.41, 5.74) is 2.50. The fraction of sp³-hybridized carbons (Fsp3) is 0.294. The summed E-state index contributed by atoms with van der Waals surface area (Å²) in [4.78, 5) is 12.2. The first-order valence-corrected chi connectivity index (χ1v) is 7.64. The molecule has 0 bridgehead atoms. The largest absolute Gasteiger partial charge is 0.396 e. The zero-order chi connectivity index (χ0) is 16.2. The Bertz CT molecular complexity index is 723. The topological polar surface area (TPSA) is 79.2 Å². The molecule has 3 rings (SSSR count). The molecule has 120 valence electrons. The quantitative estimate of drug-likeness (QED) is 0.758. The number of hydrogen-bond acceptors (Lipinski definition) is 3. The molecule has 6 nitrogen and oxygen atoms in total. The van der Waals surface area contributed by atoms with Crippen molar-refractivity contribution in [1.82, 2.24) is 15.1 Å². The third-order valence-electron chi connectivity index (χ3n) is 3.94. The minimum absolute atomic E-state index is 0.0502. The van der Waals surface area contributed by atoms with Crippen LogP contribution in [-0.4, -0.2) is 33.6 Å². The SMILES string of the molecule is Cc1ccnn1-c1ccccc1NC(=O)N[C@@H]1C=C[C@H](CO)C1. The standard InChI is InChI=1S/C17H20N4O2/c1-12-8-9-18-21(12)16-5-3-2-4-15(16)20-17(23)19-14-7-6-13(10-14)11-22/h2-9,13-14,22H,10-11H2,1H3,(H2,19,20,23)/t13-,14+/m0/s1. The van der Waals surface area contributed by atoms with Gasteiger partial charge >= 0.3 is 6.03 Å². The Morgan fingerprint density at radius 3 is 2.87 bits per heavy atom. The highest BCUT2D eigenvalue weighted by atomic mass is 16.3. The van der Waals surface area contributed by atoms with Crippen LogP contribution in [0.4, 0.5) is 10.5 Å². The van der Waals surface area contributed by atoms with Crippen molar-refractivity contribution < 1.29 is 9.90 Å². The summed E-state index contributed by atoms with van der Waals surface area (Å²) in [6.45, 7) is 2.07. The molecule has 23 heavy (non-hydrogen) atoms. The molecular formula is C17H20N4O2. The van der Waals surface area contributed by atoms with Crippen LogP contribution in [0.15, 0.2) is 48.7 Å². The average molecular weight is 312 g/mol. The van der Waals surface area contributed by atoms with Gasteiger partial charge in [0.05, 0.1) is 11.4 Å². The maximum absolute atomic E-state index is 12.2. The van der Waals surface area contributed by atoms with E-state index in [4.69, 9.17) is 5.11 Å². The fourth-order valence-corrected chi connectivity index (χ4v) is 2.73. The van der Waals surface area contributed by atoms with Crippen LogP contribution in [0.3, 0.4) is 0 Å². The Kier molecular flexibility index (Phi) is 4.43. The number of urea groups is 1. The fourth-order valence-electron chi connectivity index (χ4n) is 2.73. The lowest BCUT2D eigenvalue weighted by Crippen LogP contribution is -2.36. The molecule has 1 aromatic carbocycles. The van der Waals surface area contributed by atoms with Crippen LogP contribution < -0.4 is 10.6 Å². The molecule has 0 spiro atoms. The van der Waals surface area contributed by atoms with Crippen molar-refractivity contribution in [2.24, 2.45) is 5.92 Å². The summed E-state index contributed by atoms with van der Waals surface area (Å²) in [5, 5.41) is 19.2. The molecule has 2 amide bonds. The predicted molar refractivity (Wildman–Crippen MR) is 88.6 cm³/mol. The minimum Gasteiger partial charge on any atom is -0.396 e. The molecule has 2 atom stereocenters. The number of aliphatic hydroxyl groups excluding tert-OH is 1. The van der Waals surface area contributed by atoms with Gasteiger partial charge in [-0.2, -0.15) is 5.10 Å². The number of amides is 2. The average Bonchev–Trinajstić information content (AvgIpc) is 3.16. The van der Waals surface area contributed by atoms with Gasteiger partial charge in [0, 0.05) is 30.5 Å². The van der Waals surface area contributed by atoms with Crippen molar-refractivity contribution in [3.05, 3.63) is 54.4 Å². The van der Waals surface area contributed by atoms with E-state index in [2.05, 4.69) is 15.7 Å². The third kappa shape index (κ3) is 3.43. The van der Waals surface area contributed by atoms with E-state index >= 15 is 0 Å². The van der Waals surface area contributed by atoms with E-state index in [1.807, 2.05) is 49.4 Å². The molecule has 0 aliphatic heterocycles. The van der Waals surface area contributed by atoms with E-state index in [0.717, 1.165) is 17.8 Å². The highest BCUT2D eigenvalue weighted by Crippen LogP contribution is 2.21. The number of aliphatic hydroxyl groups is 1. The second-order valence-corrected chi connectivity index (χ2v) is 5.67. The zero-order valence-electron chi connectivity index (χ0n) is 12.9. The van der Waals surface area contributed by atoms with E-state index in [9.17, 15) is 4.79 Å². The molecule has 1 aliphatic carbocycles.